The molecule has 3 aromatic rings. The Bertz CT molecular complexity index is 1030. The summed E-state index contributed by atoms with van der Waals surface area (Å²) in [4.78, 5) is 9.14. The maximum Gasteiger partial charge on any atom is 0.241 e. The number of hydrogen-bond donors (Lipinski definition) is 1. The molecule has 0 aliphatic heterocycles. The number of nitrogens with zero attached hydrogens (tertiary/aromatic N) is 3. The first-order valence-electron chi connectivity index (χ1n) is 8.28. The lowest BCUT2D eigenvalue weighted by Crippen LogP contribution is -2.26. The molecule has 0 saturated carbocycles. The average Bonchev–Trinajstić information content (AvgIpc) is 2.95. The van der Waals surface area contributed by atoms with Crippen LogP contribution in [-0.4, -0.2) is 36.7 Å². The number of aromatic nitrogens is 3. The molecule has 8 heteroatoms. The zero-order valence-electron chi connectivity index (χ0n) is 15.1. The van der Waals surface area contributed by atoms with Crippen molar-refractivity contribution in [1.82, 2.24) is 19.3 Å². The van der Waals surface area contributed by atoms with Gasteiger partial charge in [0.25, 0.3) is 0 Å². The van der Waals surface area contributed by atoms with Crippen molar-refractivity contribution in [1.29, 1.82) is 0 Å². The zero-order valence-corrected chi connectivity index (χ0v) is 15.9. The third-order valence-corrected chi connectivity index (χ3v) is 5.70. The summed E-state index contributed by atoms with van der Waals surface area (Å²) in [6.45, 7) is 4.83. The second-order valence-corrected chi connectivity index (χ2v) is 7.85. The molecule has 0 aliphatic rings. The van der Waals surface area contributed by atoms with Crippen molar-refractivity contribution in [3.8, 4) is 0 Å². The van der Waals surface area contributed by atoms with Crippen molar-refractivity contribution in [3.05, 3.63) is 53.5 Å². The molecule has 0 amide bonds. The number of sulfonamides is 1. The number of hydrogen-bond acceptors (Lipinski definition) is 5. The summed E-state index contributed by atoms with van der Waals surface area (Å²) >= 11 is 0. The summed E-state index contributed by atoms with van der Waals surface area (Å²) in [5.41, 5.74) is 3.18. The lowest BCUT2D eigenvalue weighted by molar-refractivity contribution is 0.187. The fourth-order valence-electron chi connectivity index (χ4n) is 2.90. The molecule has 2 aromatic heterocycles. The number of benzene rings is 1. The third kappa shape index (κ3) is 3.77. The summed E-state index contributed by atoms with van der Waals surface area (Å²) < 4.78 is 35.1. The van der Waals surface area contributed by atoms with E-state index in [1.807, 2.05) is 23.6 Å². The Kier molecular flexibility index (Phi) is 5.36. The standard InChI is InChI=1S/C18H22N4O3S/c1-13-6-7-16(14(2)11-13)26(23,24)20-12-17-21-15-5-4-8-19-18(15)22(17)9-10-25-3/h4-8,11,20H,9-10,12H2,1-3H3. The van der Waals surface area contributed by atoms with Gasteiger partial charge in [-0.05, 0) is 37.6 Å². The molecule has 1 aromatic carbocycles. The Labute approximate surface area is 153 Å². The summed E-state index contributed by atoms with van der Waals surface area (Å²) in [5, 5.41) is 0. The molecule has 2 heterocycles. The van der Waals surface area contributed by atoms with E-state index in [1.54, 1.807) is 38.4 Å². The number of fused-ring (bicyclic) bond motifs is 1. The molecule has 0 fully saturated rings. The number of imidazole rings is 1. The SMILES string of the molecule is COCCn1c(CNS(=O)(=O)c2ccc(C)cc2C)nc2cccnc21. The Morgan fingerprint density at radius 2 is 2.04 bits per heavy atom. The second kappa shape index (κ2) is 7.53. The normalized spacial score (nSPS) is 12.0. The topological polar surface area (TPSA) is 86.1 Å². The highest BCUT2D eigenvalue weighted by Crippen LogP contribution is 2.18. The molecule has 7 nitrogen and oxygen atoms in total. The van der Waals surface area contributed by atoms with Gasteiger partial charge in [0.1, 0.15) is 11.3 Å². The number of ether oxygens (including phenoxy) is 1. The van der Waals surface area contributed by atoms with Gasteiger partial charge in [0.2, 0.25) is 10.0 Å². The van der Waals surface area contributed by atoms with Gasteiger partial charge in [0, 0.05) is 19.9 Å². The lowest BCUT2D eigenvalue weighted by Gasteiger charge is -2.11. The first kappa shape index (κ1) is 18.5. The van der Waals surface area contributed by atoms with Crippen molar-refractivity contribution >= 4 is 21.2 Å². The summed E-state index contributed by atoms with van der Waals surface area (Å²) in [5.74, 6) is 0.601. The Morgan fingerprint density at radius 3 is 2.77 bits per heavy atom. The highest BCUT2D eigenvalue weighted by molar-refractivity contribution is 7.89. The van der Waals surface area contributed by atoms with Crippen LogP contribution < -0.4 is 4.72 Å². The van der Waals surface area contributed by atoms with Gasteiger partial charge in [-0.3, -0.25) is 0 Å². The first-order chi connectivity index (χ1) is 12.4. The van der Waals surface area contributed by atoms with E-state index in [1.165, 1.54) is 0 Å². The van der Waals surface area contributed by atoms with Gasteiger partial charge in [0.15, 0.2) is 5.65 Å². The predicted molar refractivity (Wildman–Crippen MR) is 99.3 cm³/mol. The van der Waals surface area contributed by atoms with E-state index < -0.39 is 10.0 Å². The Morgan fingerprint density at radius 1 is 1.23 bits per heavy atom. The number of aryl methyl sites for hydroxylation is 2. The minimum absolute atomic E-state index is 0.0791. The molecule has 3 rings (SSSR count). The molecule has 0 bridgehead atoms. The molecule has 0 atom stereocenters. The fourth-order valence-corrected chi connectivity index (χ4v) is 4.10. The van der Waals surface area contributed by atoms with E-state index in [2.05, 4.69) is 14.7 Å². The molecular weight excluding hydrogens is 352 g/mol. The average molecular weight is 374 g/mol. The van der Waals surface area contributed by atoms with Crippen molar-refractivity contribution in [2.75, 3.05) is 13.7 Å². The molecule has 1 N–H and O–H groups in total. The van der Waals surface area contributed by atoms with Crippen LogP contribution >= 0.6 is 0 Å². The van der Waals surface area contributed by atoms with E-state index in [9.17, 15) is 8.42 Å². The molecule has 0 saturated heterocycles. The van der Waals surface area contributed by atoms with Crippen molar-refractivity contribution in [2.24, 2.45) is 0 Å². The highest BCUT2D eigenvalue weighted by atomic mass is 32.2. The van der Waals surface area contributed by atoms with Crippen LogP contribution in [0.4, 0.5) is 0 Å². The summed E-state index contributed by atoms with van der Waals surface area (Å²) in [7, 11) is -2.02. The van der Waals surface area contributed by atoms with Crippen molar-refractivity contribution < 1.29 is 13.2 Å². The predicted octanol–water partition coefficient (Wildman–Crippen LogP) is 2.17. The van der Waals surface area contributed by atoms with Crippen LogP contribution in [0.15, 0.2) is 41.4 Å². The van der Waals surface area contributed by atoms with Gasteiger partial charge in [-0.1, -0.05) is 17.7 Å². The minimum atomic E-state index is -3.64. The molecule has 138 valence electrons. The van der Waals surface area contributed by atoms with Crippen LogP contribution in [0, 0.1) is 13.8 Å². The number of pyridine rings is 1. The van der Waals surface area contributed by atoms with Gasteiger partial charge in [-0.15, -0.1) is 0 Å². The maximum absolute atomic E-state index is 12.7. The third-order valence-electron chi connectivity index (χ3n) is 4.14. The molecular formula is C18H22N4O3S. The van der Waals surface area contributed by atoms with Gasteiger partial charge < -0.3 is 9.30 Å². The van der Waals surface area contributed by atoms with Crippen LogP contribution in [0.25, 0.3) is 11.2 Å². The molecule has 0 spiro atoms. The minimum Gasteiger partial charge on any atom is -0.383 e. The van der Waals surface area contributed by atoms with Gasteiger partial charge in [-0.25, -0.2) is 23.1 Å². The number of methoxy groups -OCH3 is 1. The monoisotopic (exact) mass is 374 g/mol. The summed E-state index contributed by atoms with van der Waals surface area (Å²) in [6.07, 6.45) is 1.69. The Balaban J connectivity index is 1.89. The quantitative estimate of drug-likeness (QED) is 0.685. The molecule has 0 unspecified atom stereocenters. The van der Waals surface area contributed by atoms with Crippen LogP contribution in [0.5, 0.6) is 0 Å². The van der Waals surface area contributed by atoms with Gasteiger partial charge >= 0.3 is 0 Å². The highest BCUT2D eigenvalue weighted by Gasteiger charge is 2.19. The second-order valence-electron chi connectivity index (χ2n) is 6.11. The van der Waals surface area contributed by atoms with Crippen LogP contribution in [0.2, 0.25) is 0 Å². The van der Waals surface area contributed by atoms with Crippen LogP contribution in [-0.2, 0) is 27.8 Å². The Hall–Kier alpha value is -2.29. The van der Waals surface area contributed by atoms with E-state index >= 15 is 0 Å². The molecule has 0 aliphatic carbocycles. The van der Waals surface area contributed by atoms with Gasteiger partial charge in [-0.2, -0.15) is 0 Å². The maximum atomic E-state index is 12.7. The van der Waals surface area contributed by atoms with Crippen LogP contribution in [0.1, 0.15) is 17.0 Å². The number of nitrogens with one attached hydrogen (secondary N) is 1. The van der Waals surface area contributed by atoms with Gasteiger partial charge in [0.05, 0.1) is 18.0 Å². The lowest BCUT2D eigenvalue weighted by atomic mass is 10.2. The fraction of sp³-hybridized carbons (Fsp3) is 0.333. The van der Waals surface area contributed by atoms with E-state index in [0.717, 1.165) is 11.1 Å². The molecule has 26 heavy (non-hydrogen) atoms. The summed E-state index contributed by atoms with van der Waals surface area (Å²) in [6, 6.07) is 8.93. The van der Waals surface area contributed by atoms with Crippen molar-refractivity contribution in [2.45, 2.75) is 31.8 Å². The van der Waals surface area contributed by atoms with E-state index in [-0.39, 0.29) is 11.4 Å². The first-order valence-corrected chi connectivity index (χ1v) is 9.76. The zero-order chi connectivity index (χ0) is 18.7. The van der Waals surface area contributed by atoms with Crippen molar-refractivity contribution in [3.63, 3.8) is 0 Å². The molecule has 0 radical (unpaired) electrons. The largest absolute Gasteiger partial charge is 0.383 e. The van der Waals surface area contributed by atoms with E-state index in [4.69, 9.17) is 4.74 Å². The smallest absolute Gasteiger partial charge is 0.241 e. The van der Waals surface area contributed by atoms with E-state index in [0.29, 0.717) is 30.2 Å². The number of rotatable bonds is 7. The van der Waals surface area contributed by atoms with Crippen LogP contribution in [0.3, 0.4) is 0 Å².